The highest BCUT2D eigenvalue weighted by molar-refractivity contribution is 6.43. The second-order valence-corrected chi connectivity index (χ2v) is 5.89. The Labute approximate surface area is 157 Å². The van der Waals surface area contributed by atoms with Crippen LogP contribution < -0.4 is 4.90 Å². The van der Waals surface area contributed by atoms with Crippen LogP contribution in [-0.4, -0.2) is 31.5 Å². The third kappa shape index (κ3) is 3.21. The van der Waals surface area contributed by atoms with Gasteiger partial charge in [0.15, 0.2) is 0 Å². The molecule has 0 bridgehead atoms. The van der Waals surface area contributed by atoms with Gasteiger partial charge >= 0.3 is 5.97 Å². The van der Waals surface area contributed by atoms with Gasteiger partial charge in [-0.25, -0.2) is 9.69 Å². The molecule has 0 atom stereocenters. The predicted octanol–water partition coefficient (Wildman–Crippen LogP) is 3.27. The van der Waals surface area contributed by atoms with Gasteiger partial charge < -0.3 is 9.47 Å². The Morgan fingerprint density at radius 2 is 1.74 bits per heavy atom. The maximum atomic E-state index is 13.1. The number of imide groups is 1. The Morgan fingerprint density at radius 1 is 1.04 bits per heavy atom. The number of hydrogen-bond acceptors (Lipinski definition) is 5. The summed E-state index contributed by atoms with van der Waals surface area (Å²) >= 11 is 0. The smallest absolute Gasteiger partial charge is 0.337 e. The molecule has 138 valence electrons. The van der Waals surface area contributed by atoms with Crippen molar-refractivity contribution in [3.63, 3.8) is 0 Å². The highest BCUT2D eigenvalue weighted by Gasteiger charge is 2.38. The van der Waals surface area contributed by atoms with E-state index in [9.17, 15) is 14.4 Å². The van der Waals surface area contributed by atoms with E-state index in [0.29, 0.717) is 29.2 Å². The summed E-state index contributed by atoms with van der Waals surface area (Å²) in [6.45, 7) is 3.48. The molecule has 1 aliphatic heterocycles. The average molecular weight is 365 g/mol. The third-order valence-corrected chi connectivity index (χ3v) is 4.21. The van der Waals surface area contributed by atoms with Gasteiger partial charge in [-0.2, -0.15) is 0 Å². The number of nitrogens with zero attached hydrogens (tertiary/aromatic N) is 1. The average Bonchev–Trinajstić information content (AvgIpc) is 2.97. The molecule has 2 aromatic rings. The van der Waals surface area contributed by atoms with E-state index in [2.05, 4.69) is 0 Å². The summed E-state index contributed by atoms with van der Waals surface area (Å²) in [5, 5.41) is 0. The molecule has 0 aromatic heterocycles. The number of fused-ring (bicyclic) bond motifs is 1. The quantitative estimate of drug-likeness (QED) is 0.472. The molecule has 27 heavy (non-hydrogen) atoms. The van der Waals surface area contributed by atoms with Crippen LogP contribution in [0, 0.1) is 0 Å². The zero-order valence-corrected chi connectivity index (χ0v) is 15.3. The van der Waals surface area contributed by atoms with E-state index >= 15 is 0 Å². The second kappa shape index (κ2) is 7.45. The zero-order valence-electron chi connectivity index (χ0n) is 15.3. The van der Waals surface area contributed by atoms with E-state index in [0.717, 1.165) is 4.90 Å². The first kappa shape index (κ1) is 18.4. The third-order valence-electron chi connectivity index (χ3n) is 4.21. The van der Waals surface area contributed by atoms with Crippen LogP contribution >= 0.6 is 0 Å². The summed E-state index contributed by atoms with van der Waals surface area (Å²) in [6, 6.07) is 13.8. The summed E-state index contributed by atoms with van der Waals surface area (Å²) in [5.74, 6) is -1.04. The summed E-state index contributed by atoms with van der Waals surface area (Å²) in [6.07, 6.45) is 0. The lowest BCUT2D eigenvalue weighted by molar-refractivity contribution is -0.122. The number of esters is 1. The molecule has 0 aliphatic carbocycles. The first-order valence-corrected chi connectivity index (χ1v) is 8.49. The molecule has 0 saturated carbocycles. The van der Waals surface area contributed by atoms with Gasteiger partial charge in [-0.15, -0.1) is 0 Å². The number of rotatable bonds is 4. The Balaban J connectivity index is 2.31. The van der Waals surface area contributed by atoms with Crippen molar-refractivity contribution in [2.24, 2.45) is 0 Å². The van der Waals surface area contributed by atoms with Crippen LogP contribution in [0.4, 0.5) is 5.69 Å². The molecule has 2 amide bonds. The number of amides is 2. The van der Waals surface area contributed by atoms with Crippen molar-refractivity contribution in [2.45, 2.75) is 13.8 Å². The van der Waals surface area contributed by atoms with Crippen LogP contribution in [0.15, 0.2) is 48.5 Å². The molecular formula is C21H19NO5. The number of carbonyl (C=O) groups excluding carboxylic acids is 3. The topological polar surface area (TPSA) is 72.9 Å². The monoisotopic (exact) mass is 365 g/mol. The number of benzene rings is 2. The van der Waals surface area contributed by atoms with Crippen LogP contribution in [0.5, 0.6) is 0 Å². The predicted molar refractivity (Wildman–Crippen MR) is 101 cm³/mol. The SMILES string of the molecule is CCO/C(=C1\C(=O)N(C(C)=O)c2ccc(C(=O)OC)cc21)c1ccccc1. The lowest BCUT2D eigenvalue weighted by Crippen LogP contribution is -2.31. The van der Waals surface area contributed by atoms with Gasteiger partial charge in [0.1, 0.15) is 5.76 Å². The Kier molecular flexibility index (Phi) is 5.07. The molecular weight excluding hydrogens is 346 g/mol. The van der Waals surface area contributed by atoms with Gasteiger partial charge in [0, 0.05) is 18.1 Å². The van der Waals surface area contributed by atoms with Gasteiger partial charge in [-0.3, -0.25) is 9.59 Å². The number of anilines is 1. The van der Waals surface area contributed by atoms with Crippen LogP contribution in [0.25, 0.3) is 11.3 Å². The lowest BCUT2D eigenvalue weighted by atomic mass is 10.00. The molecule has 0 saturated heterocycles. The number of ether oxygens (including phenoxy) is 2. The lowest BCUT2D eigenvalue weighted by Gasteiger charge is -2.13. The van der Waals surface area contributed by atoms with Crippen molar-refractivity contribution in [3.05, 3.63) is 65.2 Å². The van der Waals surface area contributed by atoms with Gasteiger partial charge in [-0.05, 0) is 25.1 Å². The molecule has 2 aromatic carbocycles. The second-order valence-electron chi connectivity index (χ2n) is 5.89. The van der Waals surface area contributed by atoms with Crippen molar-refractivity contribution < 1.29 is 23.9 Å². The maximum absolute atomic E-state index is 13.1. The Morgan fingerprint density at radius 3 is 2.33 bits per heavy atom. The minimum absolute atomic E-state index is 0.249. The number of carbonyl (C=O) groups is 3. The van der Waals surface area contributed by atoms with E-state index < -0.39 is 17.8 Å². The summed E-state index contributed by atoms with van der Waals surface area (Å²) in [5.41, 5.74) is 2.13. The van der Waals surface area contributed by atoms with E-state index in [-0.39, 0.29) is 11.1 Å². The van der Waals surface area contributed by atoms with Crippen LogP contribution in [-0.2, 0) is 19.1 Å². The summed E-state index contributed by atoms with van der Waals surface area (Å²) in [4.78, 5) is 38.2. The first-order valence-electron chi connectivity index (χ1n) is 8.49. The first-order chi connectivity index (χ1) is 13.0. The molecule has 3 rings (SSSR count). The summed E-state index contributed by atoms with van der Waals surface area (Å²) < 4.78 is 10.6. The van der Waals surface area contributed by atoms with Crippen molar-refractivity contribution >= 4 is 34.8 Å². The van der Waals surface area contributed by atoms with E-state index in [1.807, 2.05) is 37.3 Å². The minimum Gasteiger partial charge on any atom is -0.492 e. The van der Waals surface area contributed by atoms with Gasteiger partial charge in [0.05, 0.1) is 30.5 Å². The molecule has 6 nitrogen and oxygen atoms in total. The van der Waals surface area contributed by atoms with E-state index in [1.165, 1.54) is 20.1 Å². The number of methoxy groups -OCH3 is 1. The highest BCUT2D eigenvalue weighted by Crippen LogP contribution is 2.41. The zero-order chi connectivity index (χ0) is 19.6. The molecule has 0 spiro atoms. The molecule has 6 heteroatoms. The molecule has 1 aliphatic rings. The van der Waals surface area contributed by atoms with Crippen molar-refractivity contribution in [1.82, 2.24) is 0 Å². The summed E-state index contributed by atoms with van der Waals surface area (Å²) in [7, 11) is 1.29. The van der Waals surface area contributed by atoms with E-state index in [1.54, 1.807) is 12.1 Å². The van der Waals surface area contributed by atoms with Crippen molar-refractivity contribution in [3.8, 4) is 0 Å². The molecule has 0 fully saturated rings. The molecule has 0 radical (unpaired) electrons. The van der Waals surface area contributed by atoms with Gasteiger partial charge in [0.25, 0.3) is 5.91 Å². The van der Waals surface area contributed by atoms with Crippen LogP contribution in [0.2, 0.25) is 0 Å². The highest BCUT2D eigenvalue weighted by atomic mass is 16.5. The minimum atomic E-state index is -0.524. The Bertz CT molecular complexity index is 946. The molecule has 0 unspecified atom stereocenters. The number of hydrogen-bond donors (Lipinski definition) is 0. The largest absolute Gasteiger partial charge is 0.492 e. The molecule has 1 heterocycles. The van der Waals surface area contributed by atoms with Gasteiger partial charge in [0.2, 0.25) is 5.91 Å². The normalized spacial score (nSPS) is 14.6. The van der Waals surface area contributed by atoms with Crippen molar-refractivity contribution in [2.75, 3.05) is 18.6 Å². The Hall–Kier alpha value is -3.41. The fourth-order valence-electron chi connectivity index (χ4n) is 3.08. The van der Waals surface area contributed by atoms with Crippen LogP contribution in [0.1, 0.15) is 35.3 Å². The van der Waals surface area contributed by atoms with E-state index in [4.69, 9.17) is 9.47 Å². The fraction of sp³-hybridized carbons (Fsp3) is 0.190. The van der Waals surface area contributed by atoms with Gasteiger partial charge in [-0.1, -0.05) is 30.3 Å². The fourth-order valence-corrected chi connectivity index (χ4v) is 3.08. The maximum Gasteiger partial charge on any atom is 0.337 e. The standard InChI is InChI=1S/C21H19NO5/c1-4-27-19(14-8-6-5-7-9-14)18-16-12-15(21(25)26-3)10-11-17(16)22(13(2)23)20(18)24/h5-12H,4H2,1-3H3/b19-18-. The van der Waals surface area contributed by atoms with Crippen molar-refractivity contribution in [1.29, 1.82) is 0 Å². The van der Waals surface area contributed by atoms with Crippen LogP contribution in [0.3, 0.4) is 0 Å². The molecule has 0 N–H and O–H groups in total.